The van der Waals surface area contributed by atoms with Crippen LogP contribution < -0.4 is 10.2 Å². The van der Waals surface area contributed by atoms with Crippen LogP contribution in [0.3, 0.4) is 0 Å². The van der Waals surface area contributed by atoms with Gasteiger partial charge in [-0.1, -0.05) is 12.1 Å². The van der Waals surface area contributed by atoms with E-state index < -0.39 is 0 Å². The van der Waals surface area contributed by atoms with E-state index in [9.17, 15) is 0 Å². The zero-order valence-corrected chi connectivity index (χ0v) is 15.3. The van der Waals surface area contributed by atoms with Gasteiger partial charge in [-0.25, -0.2) is 9.97 Å². The van der Waals surface area contributed by atoms with Gasteiger partial charge in [-0.15, -0.1) is 0 Å². The van der Waals surface area contributed by atoms with Crippen LogP contribution in [-0.2, 0) is 0 Å². The predicted octanol–water partition coefficient (Wildman–Crippen LogP) is 5.27. The molecule has 0 saturated heterocycles. The molecule has 0 atom stereocenters. The number of fused-ring (bicyclic) bond motifs is 3. The van der Waals surface area contributed by atoms with Crippen LogP contribution in [0.15, 0.2) is 52.9 Å². The molecule has 0 bridgehead atoms. The van der Waals surface area contributed by atoms with Crippen molar-refractivity contribution in [2.24, 2.45) is 0 Å². The smallest absolute Gasteiger partial charge is 0.196 e. The maximum absolute atomic E-state index is 6.01. The van der Waals surface area contributed by atoms with Crippen LogP contribution in [0, 0.1) is 6.92 Å². The first kappa shape index (κ1) is 16.4. The lowest BCUT2D eigenvalue weighted by molar-refractivity contribution is 0.666. The van der Waals surface area contributed by atoms with Gasteiger partial charge in [0, 0.05) is 29.9 Å². The highest BCUT2D eigenvalue weighted by Crippen LogP contribution is 2.32. The lowest BCUT2D eigenvalue weighted by Crippen LogP contribution is -2.21. The predicted molar refractivity (Wildman–Crippen MR) is 107 cm³/mol. The molecular weight excluding hydrogens is 324 g/mol. The van der Waals surface area contributed by atoms with Gasteiger partial charge in [-0.3, -0.25) is 0 Å². The molecule has 0 fully saturated rings. The summed E-state index contributed by atoms with van der Waals surface area (Å²) in [5.41, 5.74) is 4.54. The minimum atomic E-state index is 0.685. The molecule has 5 nitrogen and oxygen atoms in total. The van der Waals surface area contributed by atoms with Gasteiger partial charge in [-0.2, -0.15) is 0 Å². The maximum Gasteiger partial charge on any atom is 0.196 e. The number of furan rings is 1. The zero-order chi connectivity index (χ0) is 18.1. The second-order valence-corrected chi connectivity index (χ2v) is 6.24. The van der Waals surface area contributed by atoms with Gasteiger partial charge in [0.05, 0.1) is 0 Å². The summed E-state index contributed by atoms with van der Waals surface area (Å²) in [4.78, 5) is 11.4. The van der Waals surface area contributed by atoms with Crippen molar-refractivity contribution in [3.05, 3.63) is 54.4 Å². The molecule has 4 aromatic rings. The number of para-hydroxylation sites is 1. The highest BCUT2D eigenvalue weighted by molar-refractivity contribution is 6.06. The molecule has 2 heterocycles. The quantitative estimate of drug-likeness (QED) is 0.533. The van der Waals surface area contributed by atoms with E-state index >= 15 is 0 Å². The van der Waals surface area contributed by atoms with E-state index in [1.165, 1.54) is 5.69 Å². The number of aromatic nitrogens is 2. The van der Waals surface area contributed by atoms with Crippen LogP contribution in [0.2, 0.25) is 0 Å². The Morgan fingerprint density at radius 1 is 0.962 bits per heavy atom. The molecule has 5 heteroatoms. The third-order valence-electron chi connectivity index (χ3n) is 4.59. The fraction of sp³-hybridized carbons (Fsp3) is 0.238. The summed E-state index contributed by atoms with van der Waals surface area (Å²) in [6.45, 7) is 8.22. The summed E-state index contributed by atoms with van der Waals surface area (Å²) in [5.74, 6) is 1.41. The molecule has 26 heavy (non-hydrogen) atoms. The van der Waals surface area contributed by atoms with Gasteiger partial charge in [0.25, 0.3) is 0 Å². The summed E-state index contributed by atoms with van der Waals surface area (Å²) in [5, 5.41) is 4.39. The van der Waals surface area contributed by atoms with Gasteiger partial charge < -0.3 is 14.6 Å². The van der Waals surface area contributed by atoms with Gasteiger partial charge in [0.2, 0.25) is 0 Å². The van der Waals surface area contributed by atoms with Crippen LogP contribution in [0.4, 0.5) is 17.2 Å². The zero-order valence-electron chi connectivity index (χ0n) is 15.3. The van der Waals surface area contributed by atoms with Crippen LogP contribution >= 0.6 is 0 Å². The van der Waals surface area contributed by atoms with Gasteiger partial charge in [0.15, 0.2) is 11.4 Å². The number of anilines is 3. The number of nitrogens with one attached hydrogen (secondary N) is 1. The van der Waals surface area contributed by atoms with E-state index in [-0.39, 0.29) is 0 Å². The normalized spacial score (nSPS) is 11.2. The average Bonchev–Trinajstić information content (AvgIpc) is 3.03. The number of hydrogen-bond donors (Lipinski definition) is 1. The number of benzene rings is 2. The van der Waals surface area contributed by atoms with Crippen LogP contribution in [0.25, 0.3) is 22.1 Å². The second kappa shape index (κ2) is 6.67. The molecule has 0 spiro atoms. The van der Waals surface area contributed by atoms with Crippen LogP contribution in [0.1, 0.15) is 19.7 Å². The summed E-state index contributed by atoms with van der Waals surface area (Å²) >= 11 is 0. The summed E-state index contributed by atoms with van der Waals surface area (Å²) < 4.78 is 6.01. The fourth-order valence-electron chi connectivity index (χ4n) is 3.27. The minimum Gasteiger partial charge on any atom is -0.450 e. The van der Waals surface area contributed by atoms with Crippen LogP contribution in [-0.4, -0.2) is 23.1 Å². The lowest BCUT2D eigenvalue weighted by atomic mass is 10.2. The van der Waals surface area contributed by atoms with Crippen molar-refractivity contribution in [1.29, 1.82) is 0 Å². The Hall–Kier alpha value is -3.08. The van der Waals surface area contributed by atoms with E-state index in [1.54, 1.807) is 0 Å². The van der Waals surface area contributed by atoms with Gasteiger partial charge in [-0.05, 0) is 57.2 Å². The summed E-state index contributed by atoms with van der Waals surface area (Å²) in [6, 6.07) is 16.3. The third kappa shape index (κ3) is 2.86. The fourth-order valence-corrected chi connectivity index (χ4v) is 3.27. The van der Waals surface area contributed by atoms with Gasteiger partial charge in [0.1, 0.15) is 16.9 Å². The molecule has 2 aromatic carbocycles. The topological polar surface area (TPSA) is 54.2 Å². The Kier molecular flexibility index (Phi) is 4.21. The summed E-state index contributed by atoms with van der Waals surface area (Å²) in [6.07, 6.45) is 0. The Labute approximate surface area is 152 Å². The van der Waals surface area contributed by atoms with E-state index in [0.29, 0.717) is 17.2 Å². The Balaban J connectivity index is 1.73. The standard InChI is InChI=1S/C21H22N4O/c1-4-25(5-2)16-12-10-15(11-13-16)24-21-20-19(22-14(3)23-21)17-8-6-7-9-18(17)26-20/h6-13H,4-5H2,1-3H3,(H,22,23,24). The molecule has 4 rings (SSSR count). The molecule has 0 amide bonds. The molecule has 0 aliphatic heterocycles. The highest BCUT2D eigenvalue weighted by atomic mass is 16.3. The lowest BCUT2D eigenvalue weighted by Gasteiger charge is -2.21. The van der Waals surface area contributed by atoms with E-state index in [4.69, 9.17) is 4.42 Å². The molecule has 0 radical (unpaired) electrons. The van der Waals surface area contributed by atoms with Gasteiger partial charge >= 0.3 is 0 Å². The molecule has 132 valence electrons. The monoisotopic (exact) mass is 346 g/mol. The van der Waals surface area contributed by atoms with Crippen molar-refractivity contribution in [1.82, 2.24) is 9.97 Å². The molecule has 0 unspecified atom stereocenters. The molecular formula is C21H22N4O. The van der Waals surface area contributed by atoms with Crippen molar-refractivity contribution in [2.45, 2.75) is 20.8 Å². The number of aryl methyl sites for hydroxylation is 1. The molecule has 1 N–H and O–H groups in total. The molecule has 0 saturated carbocycles. The molecule has 0 aliphatic carbocycles. The van der Waals surface area contributed by atoms with Crippen molar-refractivity contribution >= 4 is 39.3 Å². The van der Waals surface area contributed by atoms with Crippen molar-refractivity contribution in [2.75, 3.05) is 23.3 Å². The molecule has 0 aliphatic rings. The largest absolute Gasteiger partial charge is 0.450 e. The SMILES string of the molecule is CCN(CC)c1ccc(Nc2nc(C)nc3c2oc2ccccc23)cc1. The minimum absolute atomic E-state index is 0.685. The van der Waals surface area contributed by atoms with Crippen molar-refractivity contribution in [3.8, 4) is 0 Å². The third-order valence-corrected chi connectivity index (χ3v) is 4.59. The van der Waals surface area contributed by atoms with E-state index in [0.717, 1.165) is 35.3 Å². The highest BCUT2D eigenvalue weighted by Gasteiger charge is 2.14. The van der Waals surface area contributed by atoms with Crippen molar-refractivity contribution in [3.63, 3.8) is 0 Å². The number of hydrogen-bond acceptors (Lipinski definition) is 5. The first-order valence-corrected chi connectivity index (χ1v) is 8.97. The average molecular weight is 346 g/mol. The number of rotatable bonds is 5. The Bertz CT molecular complexity index is 1050. The second-order valence-electron chi connectivity index (χ2n) is 6.24. The van der Waals surface area contributed by atoms with Crippen molar-refractivity contribution < 1.29 is 4.42 Å². The molecule has 2 aromatic heterocycles. The first-order valence-electron chi connectivity index (χ1n) is 8.97. The van der Waals surface area contributed by atoms with E-state index in [2.05, 4.69) is 58.3 Å². The van der Waals surface area contributed by atoms with E-state index in [1.807, 2.05) is 31.2 Å². The van der Waals surface area contributed by atoms with Crippen LogP contribution in [0.5, 0.6) is 0 Å². The summed E-state index contributed by atoms with van der Waals surface area (Å²) in [7, 11) is 0. The number of nitrogens with zero attached hydrogens (tertiary/aromatic N) is 3. The first-order chi connectivity index (χ1) is 12.7. The maximum atomic E-state index is 6.01. The Morgan fingerprint density at radius 2 is 1.69 bits per heavy atom. The Morgan fingerprint density at radius 3 is 2.42 bits per heavy atom.